The monoisotopic (exact) mass is 704 g/mol. The van der Waals surface area contributed by atoms with Gasteiger partial charge in [-0.25, -0.2) is 4.79 Å². The maximum atomic E-state index is 13.0. The molecule has 0 saturated carbocycles. The number of amides is 2. The second-order valence-electron chi connectivity index (χ2n) is 10.2. The molecule has 2 heterocycles. The van der Waals surface area contributed by atoms with Gasteiger partial charge in [-0.2, -0.15) is 5.10 Å². The van der Waals surface area contributed by atoms with Crippen LogP contribution >= 0.6 is 24.0 Å². The number of nitrogens with two attached hydrogens (primary N) is 1. The molecule has 0 radical (unpaired) electrons. The van der Waals surface area contributed by atoms with Gasteiger partial charge in [-0.05, 0) is 31.2 Å². The van der Waals surface area contributed by atoms with Crippen molar-refractivity contribution in [1.29, 1.82) is 0 Å². The number of carbonyl (C=O) groups is 5. The third kappa shape index (κ3) is 12.3. The van der Waals surface area contributed by atoms with E-state index >= 15 is 0 Å². The van der Waals surface area contributed by atoms with Crippen LogP contribution in [0.2, 0.25) is 0 Å². The van der Waals surface area contributed by atoms with E-state index in [2.05, 4.69) is 5.10 Å². The minimum atomic E-state index is -0.997. The number of aliphatic carboxylic acids is 1. The third-order valence-electron chi connectivity index (χ3n) is 6.85. The molecule has 0 aromatic heterocycles. The summed E-state index contributed by atoms with van der Waals surface area (Å²) in [4.78, 5) is 60.8. The number of ketones is 1. The summed E-state index contributed by atoms with van der Waals surface area (Å²) in [5, 5.41) is 20.2. The number of hydrogen-bond donors (Lipinski definition) is 3. The highest BCUT2D eigenvalue weighted by Crippen LogP contribution is 2.27. The molecule has 0 bridgehead atoms. The van der Waals surface area contributed by atoms with E-state index in [0.29, 0.717) is 50.9 Å². The molecule has 1 aromatic carbocycles. The van der Waals surface area contributed by atoms with Crippen molar-refractivity contribution in [1.82, 2.24) is 9.80 Å². The molecule has 1 aromatic rings. The van der Waals surface area contributed by atoms with Gasteiger partial charge < -0.3 is 35.3 Å². The summed E-state index contributed by atoms with van der Waals surface area (Å²) in [5.74, 6) is 2.93. The molecule has 2 unspecified atom stereocenters. The topological polar surface area (TPSA) is 189 Å². The number of carboxylic acids is 1. The van der Waals surface area contributed by atoms with Crippen molar-refractivity contribution in [2.45, 2.75) is 65.3 Å². The van der Waals surface area contributed by atoms with Gasteiger partial charge in [0, 0.05) is 63.8 Å². The van der Waals surface area contributed by atoms with Crippen molar-refractivity contribution in [2.24, 2.45) is 22.8 Å². The fourth-order valence-electron chi connectivity index (χ4n) is 4.84. The summed E-state index contributed by atoms with van der Waals surface area (Å²) in [6.07, 6.45) is 2.04. The predicted octanol–water partition coefficient (Wildman–Crippen LogP) is 3.18. The predicted molar refractivity (Wildman–Crippen MR) is 164 cm³/mol. The van der Waals surface area contributed by atoms with Gasteiger partial charge >= 0.3 is 12.1 Å². The first-order valence-corrected chi connectivity index (χ1v) is 13.6. The molecule has 0 aliphatic carbocycles. The Bertz CT molecular complexity index is 1090. The number of ether oxygens (including phenoxy) is 2. The number of nitrogens with zero attached hydrogens (tertiary/aromatic N) is 3. The van der Waals surface area contributed by atoms with Crippen molar-refractivity contribution in [2.75, 3.05) is 26.2 Å². The first-order chi connectivity index (χ1) is 19.4. The Labute approximate surface area is 262 Å². The van der Waals surface area contributed by atoms with Gasteiger partial charge in [0.25, 0.3) is 5.97 Å². The van der Waals surface area contributed by atoms with Crippen LogP contribution in [0.15, 0.2) is 29.4 Å². The van der Waals surface area contributed by atoms with Gasteiger partial charge in [-0.3, -0.25) is 19.2 Å². The summed E-state index contributed by atoms with van der Waals surface area (Å²) >= 11 is 0. The van der Waals surface area contributed by atoms with Crippen LogP contribution in [0.1, 0.15) is 68.8 Å². The molecule has 42 heavy (non-hydrogen) atoms. The number of hydrazone groups is 1. The van der Waals surface area contributed by atoms with Crippen molar-refractivity contribution in [3.05, 3.63) is 35.4 Å². The number of hydrogen-bond acceptors (Lipinski definition) is 9. The molecule has 2 aliphatic rings. The van der Waals surface area contributed by atoms with Gasteiger partial charge in [-0.15, -0.1) is 24.0 Å². The second kappa shape index (κ2) is 18.3. The lowest BCUT2D eigenvalue weighted by Crippen LogP contribution is -2.48. The molecule has 2 amide bonds. The number of carbonyl (C=O) groups excluding carboxylic acids is 3. The number of halogens is 1. The lowest BCUT2D eigenvalue weighted by Gasteiger charge is -2.38. The van der Waals surface area contributed by atoms with E-state index in [9.17, 15) is 24.3 Å². The van der Waals surface area contributed by atoms with Crippen LogP contribution in [-0.4, -0.2) is 94.5 Å². The molecular formula is C28H41IN4O9. The summed E-state index contributed by atoms with van der Waals surface area (Å²) in [7, 11) is 0. The van der Waals surface area contributed by atoms with E-state index < -0.39 is 30.2 Å². The number of rotatable bonds is 9. The Morgan fingerprint density at radius 1 is 1.02 bits per heavy atom. The molecule has 234 valence electrons. The molecular weight excluding hydrogens is 663 g/mol. The number of benzene rings is 1. The molecule has 2 aliphatic heterocycles. The van der Waals surface area contributed by atoms with Gasteiger partial charge in [-0.1, -0.05) is 31.2 Å². The molecule has 2 fully saturated rings. The highest BCUT2D eigenvalue weighted by molar-refractivity contribution is 14.0. The summed E-state index contributed by atoms with van der Waals surface area (Å²) < 4.78 is 11.6. The fourth-order valence-corrected chi connectivity index (χ4v) is 4.84. The first kappa shape index (κ1) is 36.8. The minimum absolute atomic E-state index is 0. The number of esters is 1. The minimum Gasteiger partial charge on any atom is -0.481 e. The van der Waals surface area contributed by atoms with E-state index in [-0.39, 0.29) is 60.7 Å². The second-order valence-corrected chi connectivity index (χ2v) is 10.2. The molecule has 14 heteroatoms. The van der Waals surface area contributed by atoms with Crippen molar-refractivity contribution < 1.29 is 43.7 Å². The molecule has 2 saturated heterocycles. The Kier molecular flexibility index (Phi) is 16.0. The lowest BCUT2D eigenvalue weighted by molar-refractivity contribution is -0.211. The molecule has 3 atom stereocenters. The van der Waals surface area contributed by atoms with Crippen LogP contribution in [-0.2, 0) is 23.9 Å². The summed E-state index contributed by atoms with van der Waals surface area (Å²) in [5.41, 5.74) is 1.31. The fraction of sp³-hybridized carbons (Fsp3) is 0.571. The zero-order valence-corrected chi connectivity index (χ0v) is 26.5. The van der Waals surface area contributed by atoms with Crippen molar-refractivity contribution in [3.8, 4) is 0 Å². The molecule has 3 rings (SSSR count). The molecule has 4 N–H and O–H groups in total. The number of likely N-dealkylation sites (tertiary alicyclic amines) is 2. The quantitative estimate of drug-likeness (QED) is 0.0655. The van der Waals surface area contributed by atoms with Gasteiger partial charge in [0.2, 0.25) is 12.2 Å². The zero-order valence-electron chi connectivity index (χ0n) is 24.1. The van der Waals surface area contributed by atoms with Crippen LogP contribution < -0.4 is 5.84 Å². The van der Waals surface area contributed by atoms with Gasteiger partial charge in [0.1, 0.15) is 0 Å². The largest absolute Gasteiger partial charge is 0.481 e. The normalized spacial score (nSPS) is 18.6. The van der Waals surface area contributed by atoms with E-state index in [1.54, 1.807) is 36.1 Å². The van der Waals surface area contributed by atoms with Crippen molar-refractivity contribution in [3.63, 3.8) is 0 Å². The maximum absolute atomic E-state index is 13.0. The van der Waals surface area contributed by atoms with Gasteiger partial charge in [0.05, 0.1) is 12.3 Å². The first-order valence-electron chi connectivity index (χ1n) is 13.6. The van der Waals surface area contributed by atoms with E-state index in [4.69, 9.17) is 25.2 Å². The van der Waals surface area contributed by atoms with E-state index in [1.807, 2.05) is 0 Å². The lowest BCUT2D eigenvalue weighted by atomic mass is 9.96. The number of piperidine rings is 2. The average molecular weight is 705 g/mol. The highest BCUT2D eigenvalue weighted by atomic mass is 127. The number of carboxylic acid groups (broad SMARTS) is 2. The third-order valence-corrected chi connectivity index (χ3v) is 6.85. The summed E-state index contributed by atoms with van der Waals surface area (Å²) in [6.45, 7) is 5.78. The SMILES string of the molecule is CC(=O)O.CC(=O)OC(OC1CCN(C(=O)[C@H](C)CC(=O)c2ccc(C=NN)cc2)CC1)C1CCCN(C(=O)O)C1.I. The van der Waals surface area contributed by atoms with Gasteiger partial charge in [0.15, 0.2) is 5.78 Å². The van der Waals surface area contributed by atoms with E-state index in [1.165, 1.54) is 18.0 Å². The Hall–Kier alpha value is -3.27. The Balaban J connectivity index is 0.00000165. The van der Waals surface area contributed by atoms with Crippen molar-refractivity contribution >= 4 is 59.9 Å². The maximum Gasteiger partial charge on any atom is 0.407 e. The zero-order chi connectivity index (χ0) is 30.5. The molecule has 13 nitrogen and oxygen atoms in total. The Morgan fingerprint density at radius 3 is 2.14 bits per heavy atom. The van der Waals surface area contributed by atoms with E-state index in [0.717, 1.165) is 12.5 Å². The van der Waals surface area contributed by atoms with Crippen LogP contribution in [0.5, 0.6) is 0 Å². The smallest absolute Gasteiger partial charge is 0.407 e. The standard InChI is InChI=1S/C26H36N4O7.C2H4O2.HI/c1-17(14-23(32)20-7-5-19(6-8-20)15-28-27)24(33)29-12-9-22(10-13-29)37-25(36-18(2)31)21-4-3-11-30(16-21)26(34)35;1-2(3)4;/h5-8,15,17,21-22,25H,3-4,9-14,16,27H2,1-2H3,(H,34,35);1H3,(H,3,4);1H/t17-,21?,25?;;/m1../s1. The molecule has 0 spiro atoms. The summed E-state index contributed by atoms with van der Waals surface area (Å²) in [6, 6.07) is 6.88. The van der Waals surface area contributed by atoms with Crippen LogP contribution in [0, 0.1) is 11.8 Å². The highest BCUT2D eigenvalue weighted by Gasteiger charge is 2.35. The van der Waals surface area contributed by atoms with Crippen LogP contribution in [0.25, 0.3) is 0 Å². The number of Topliss-reactive ketones (excluding diaryl/α,β-unsaturated/α-hetero) is 1. The Morgan fingerprint density at radius 2 is 1.62 bits per heavy atom. The van der Waals surface area contributed by atoms with Crippen LogP contribution in [0.4, 0.5) is 4.79 Å². The van der Waals surface area contributed by atoms with Crippen LogP contribution in [0.3, 0.4) is 0 Å². The average Bonchev–Trinajstić information content (AvgIpc) is 2.92.